The Hall–Kier alpha value is -4.69. The van der Waals surface area contributed by atoms with Crippen LogP contribution in [0.2, 0.25) is 0 Å². The Morgan fingerprint density at radius 2 is 1.85 bits per heavy atom. The number of pyridine rings is 1. The zero-order valence-corrected chi connectivity index (χ0v) is 23.7. The fourth-order valence-corrected chi connectivity index (χ4v) is 5.61. The van der Waals surface area contributed by atoms with Gasteiger partial charge < -0.3 is 24.1 Å². The van der Waals surface area contributed by atoms with Crippen LogP contribution in [0.25, 0.3) is 11.3 Å². The van der Waals surface area contributed by atoms with Crippen LogP contribution in [0.1, 0.15) is 23.5 Å². The number of furan rings is 1. The molecule has 12 nitrogen and oxygen atoms in total. The number of nitrogens with zero attached hydrogens (tertiary/aromatic N) is 3. The molecule has 2 unspecified atom stereocenters. The molecule has 2 atom stereocenters. The number of benzene rings is 2. The summed E-state index contributed by atoms with van der Waals surface area (Å²) in [6.45, 7) is 0. The van der Waals surface area contributed by atoms with Gasteiger partial charge in [-0.2, -0.15) is 0 Å². The van der Waals surface area contributed by atoms with Gasteiger partial charge in [0.1, 0.15) is 29.1 Å². The van der Waals surface area contributed by atoms with Crippen LogP contribution in [-0.4, -0.2) is 43.9 Å². The van der Waals surface area contributed by atoms with Crippen LogP contribution in [0.5, 0.6) is 11.5 Å². The van der Waals surface area contributed by atoms with Gasteiger partial charge in [-0.15, -0.1) is 0 Å². The van der Waals surface area contributed by atoms with E-state index in [4.69, 9.17) is 26.1 Å². The molecule has 0 spiro atoms. The van der Waals surface area contributed by atoms with Gasteiger partial charge in [0.2, 0.25) is 10.0 Å². The largest absolute Gasteiger partial charge is 0.496 e. The van der Waals surface area contributed by atoms with Crippen LogP contribution in [-0.2, 0) is 10.0 Å². The number of nitro groups is 1. The molecule has 41 heavy (non-hydrogen) atoms. The molecule has 1 fully saturated rings. The fourth-order valence-electron chi connectivity index (χ4n) is 4.70. The molecule has 3 heterocycles. The first-order valence-electron chi connectivity index (χ1n) is 12.2. The molecule has 0 aliphatic carbocycles. The van der Waals surface area contributed by atoms with Crippen LogP contribution in [0.4, 0.5) is 17.1 Å². The van der Waals surface area contributed by atoms with Crippen molar-refractivity contribution in [1.82, 2.24) is 10.3 Å². The van der Waals surface area contributed by atoms with E-state index in [0.717, 1.165) is 6.26 Å². The highest BCUT2D eigenvalue weighted by Crippen LogP contribution is 2.45. The molecule has 14 heteroatoms. The van der Waals surface area contributed by atoms with Crippen molar-refractivity contribution in [1.29, 1.82) is 0 Å². The van der Waals surface area contributed by atoms with Crippen LogP contribution in [0.15, 0.2) is 77.3 Å². The normalized spacial score (nSPS) is 16.8. The van der Waals surface area contributed by atoms with E-state index in [1.807, 2.05) is 23.1 Å². The minimum atomic E-state index is -3.60. The van der Waals surface area contributed by atoms with Crippen molar-refractivity contribution in [2.75, 3.05) is 30.1 Å². The number of hydrogen-bond acceptors (Lipinski definition) is 9. The fraction of sp³-hybridized carbons (Fsp3) is 0.185. The van der Waals surface area contributed by atoms with Crippen molar-refractivity contribution in [2.45, 2.75) is 12.1 Å². The minimum absolute atomic E-state index is 0.109. The molecule has 2 aromatic carbocycles. The molecule has 2 aromatic heterocycles. The molecule has 0 radical (unpaired) electrons. The smallest absolute Gasteiger partial charge is 0.273 e. The van der Waals surface area contributed by atoms with E-state index in [1.54, 1.807) is 42.6 Å². The number of anilines is 2. The zero-order valence-electron chi connectivity index (χ0n) is 22.1. The summed E-state index contributed by atoms with van der Waals surface area (Å²) in [7, 11) is -0.732. The van der Waals surface area contributed by atoms with Gasteiger partial charge in [0.25, 0.3) is 5.69 Å². The Morgan fingerprint density at radius 1 is 1.07 bits per heavy atom. The quantitative estimate of drug-likeness (QED) is 0.156. The average molecular weight is 596 g/mol. The summed E-state index contributed by atoms with van der Waals surface area (Å²) in [4.78, 5) is 17.1. The molecule has 5 rings (SSSR count). The maximum absolute atomic E-state index is 12.0. The number of ether oxygens (including phenoxy) is 2. The zero-order chi connectivity index (χ0) is 29.3. The molecule has 1 saturated heterocycles. The van der Waals surface area contributed by atoms with Gasteiger partial charge in [-0.1, -0.05) is 6.07 Å². The van der Waals surface area contributed by atoms with Crippen molar-refractivity contribution in [3.8, 4) is 22.8 Å². The number of nitro benzene ring substituents is 1. The Bertz CT molecular complexity index is 1730. The Morgan fingerprint density at radius 3 is 2.51 bits per heavy atom. The van der Waals surface area contributed by atoms with Crippen molar-refractivity contribution < 1.29 is 27.2 Å². The van der Waals surface area contributed by atoms with Crippen molar-refractivity contribution in [3.05, 3.63) is 94.5 Å². The predicted octanol–water partition coefficient (Wildman–Crippen LogP) is 4.82. The maximum atomic E-state index is 12.0. The Kier molecular flexibility index (Phi) is 7.51. The van der Waals surface area contributed by atoms with Gasteiger partial charge >= 0.3 is 0 Å². The first-order chi connectivity index (χ1) is 19.6. The molecule has 1 aliphatic heterocycles. The lowest BCUT2D eigenvalue weighted by molar-refractivity contribution is -0.384. The highest BCUT2D eigenvalue weighted by atomic mass is 32.2. The van der Waals surface area contributed by atoms with E-state index in [9.17, 15) is 18.5 Å². The Balaban J connectivity index is 1.62. The maximum Gasteiger partial charge on any atom is 0.273 e. The highest BCUT2D eigenvalue weighted by molar-refractivity contribution is 7.92. The average Bonchev–Trinajstić information content (AvgIpc) is 3.56. The second-order valence-corrected chi connectivity index (χ2v) is 11.2. The van der Waals surface area contributed by atoms with Crippen molar-refractivity contribution >= 4 is 44.4 Å². The summed E-state index contributed by atoms with van der Waals surface area (Å²) in [5.74, 6) is 1.56. The summed E-state index contributed by atoms with van der Waals surface area (Å²) in [5.41, 5.74) is 1.94. The van der Waals surface area contributed by atoms with Gasteiger partial charge in [-0.3, -0.25) is 19.8 Å². The van der Waals surface area contributed by atoms with E-state index in [1.165, 1.54) is 26.4 Å². The van der Waals surface area contributed by atoms with E-state index in [0.29, 0.717) is 39.3 Å². The second kappa shape index (κ2) is 11.1. The molecule has 0 bridgehead atoms. The first kappa shape index (κ1) is 27.9. The van der Waals surface area contributed by atoms with Crippen molar-refractivity contribution in [3.63, 3.8) is 0 Å². The van der Waals surface area contributed by atoms with Crippen LogP contribution in [0.3, 0.4) is 0 Å². The molecular weight excluding hydrogens is 570 g/mol. The highest BCUT2D eigenvalue weighted by Gasteiger charge is 2.43. The van der Waals surface area contributed by atoms with Gasteiger partial charge in [-0.05, 0) is 60.7 Å². The number of thiocarbonyl (C=S) groups is 1. The van der Waals surface area contributed by atoms with E-state index >= 15 is 0 Å². The van der Waals surface area contributed by atoms with Gasteiger partial charge in [0.15, 0.2) is 5.11 Å². The van der Waals surface area contributed by atoms with Gasteiger partial charge in [-0.25, -0.2) is 8.42 Å². The van der Waals surface area contributed by atoms with E-state index in [2.05, 4.69) is 15.0 Å². The standard InChI is InChI=1S/C27H25N5O7S2/c1-37-22-10-8-16(14-20(22)30-41(3,35)36)31-26(25(29-27(31)40)19-6-4-5-13-28-19)23-12-11-21(39-23)18-9-7-17(32(33)34)15-24(18)38-2/h4-15,25-26,30H,1-3H3,(H,29,40). The van der Waals surface area contributed by atoms with Gasteiger partial charge in [0.05, 0.1) is 54.5 Å². The minimum Gasteiger partial charge on any atom is -0.496 e. The lowest BCUT2D eigenvalue weighted by atomic mass is 10.0. The summed E-state index contributed by atoms with van der Waals surface area (Å²) in [5, 5.41) is 14.9. The number of methoxy groups -OCH3 is 2. The number of nitrogens with one attached hydrogen (secondary N) is 2. The molecular formula is C27H25N5O7S2. The lowest BCUT2D eigenvalue weighted by Crippen LogP contribution is -2.29. The number of hydrogen-bond donors (Lipinski definition) is 2. The number of rotatable bonds is 9. The van der Waals surface area contributed by atoms with E-state index in [-0.39, 0.29) is 17.1 Å². The van der Waals surface area contributed by atoms with Crippen LogP contribution >= 0.6 is 12.2 Å². The summed E-state index contributed by atoms with van der Waals surface area (Å²) in [6.07, 6.45) is 2.73. The van der Waals surface area contributed by atoms with E-state index < -0.39 is 27.0 Å². The third kappa shape index (κ3) is 5.64. The topological polar surface area (TPSA) is 149 Å². The van der Waals surface area contributed by atoms with Crippen LogP contribution in [0, 0.1) is 10.1 Å². The third-order valence-corrected chi connectivity index (χ3v) is 7.34. The number of aromatic nitrogens is 1. The molecule has 0 saturated carbocycles. The molecule has 2 N–H and O–H groups in total. The first-order valence-corrected chi connectivity index (χ1v) is 14.5. The third-order valence-electron chi connectivity index (χ3n) is 6.43. The van der Waals surface area contributed by atoms with Crippen LogP contribution < -0.4 is 24.4 Å². The monoisotopic (exact) mass is 595 g/mol. The summed E-state index contributed by atoms with van der Waals surface area (Å²) in [6, 6.07) is 17.4. The molecule has 212 valence electrons. The lowest BCUT2D eigenvalue weighted by Gasteiger charge is -2.27. The summed E-state index contributed by atoms with van der Waals surface area (Å²) < 4.78 is 43.7. The van der Waals surface area contributed by atoms with Gasteiger partial charge in [0, 0.05) is 18.0 Å². The molecule has 4 aromatic rings. The number of sulfonamides is 1. The Labute approximate surface area is 241 Å². The number of non-ortho nitro benzene ring substituents is 1. The molecule has 1 aliphatic rings. The predicted molar refractivity (Wildman–Crippen MR) is 157 cm³/mol. The molecule has 0 amide bonds. The summed E-state index contributed by atoms with van der Waals surface area (Å²) >= 11 is 5.76. The second-order valence-electron chi connectivity index (χ2n) is 9.10. The SMILES string of the molecule is COc1ccc(N2C(=S)NC(c3ccccn3)C2c2ccc(-c3ccc([N+](=O)[O-])cc3OC)o2)cc1NS(C)(=O)=O. The van der Waals surface area contributed by atoms with Crippen molar-refractivity contribution in [2.24, 2.45) is 0 Å².